The number of benzene rings is 2. The number of hydrogen-bond donors (Lipinski definition) is 1. The molecule has 1 N–H and O–H groups in total. The van der Waals surface area contributed by atoms with Crippen LogP contribution in [0.2, 0.25) is 0 Å². The Kier molecular flexibility index (Phi) is 5.08. The Morgan fingerprint density at radius 3 is 2.60 bits per heavy atom. The van der Waals surface area contributed by atoms with Crippen molar-refractivity contribution >= 4 is 21.8 Å². The van der Waals surface area contributed by atoms with Crippen LogP contribution in [0.5, 0.6) is 0 Å². The van der Waals surface area contributed by atoms with Crippen LogP contribution in [0.3, 0.4) is 0 Å². The number of nitrogens with one attached hydrogen (secondary N) is 1. The molecule has 2 heterocycles. The summed E-state index contributed by atoms with van der Waals surface area (Å²) < 4.78 is 29.9. The lowest BCUT2D eigenvalue weighted by Crippen LogP contribution is -2.39. The zero-order valence-corrected chi connectivity index (χ0v) is 17.2. The molecular formula is C20H20N6O3S. The van der Waals surface area contributed by atoms with Crippen molar-refractivity contribution in [3.63, 3.8) is 0 Å². The summed E-state index contributed by atoms with van der Waals surface area (Å²) in [5.41, 5.74) is 2.30. The Morgan fingerprint density at radius 1 is 1.17 bits per heavy atom. The zero-order chi connectivity index (χ0) is 21.3. The van der Waals surface area contributed by atoms with Gasteiger partial charge in [-0.05, 0) is 36.8 Å². The van der Waals surface area contributed by atoms with Crippen molar-refractivity contribution in [2.24, 2.45) is 4.40 Å². The lowest BCUT2D eigenvalue weighted by molar-refractivity contribution is -0.121. The summed E-state index contributed by atoms with van der Waals surface area (Å²) in [5.74, 6) is 0.0282. The van der Waals surface area contributed by atoms with Crippen molar-refractivity contribution in [1.82, 2.24) is 25.0 Å². The first-order valence-corrected chi connectivity index (χ1v) is 10.7. The van der Waals surface area contributed by atoms with Crippen LogP contribution in [0.25, 0.3) is 5.69 Å². The quantitative estimate of drug-likeness (QED) is 0.665. The number of hydrogen-bond acceptors (Lipinski definition) is 6. The molecule has 1 atom stereocenters. The van der Waals surface area contributed by atoms with Gasteiger partial charge in [0.25, 0.3) is 10.0 Å². The highest BCUT2D eigenvalue weighted by Gasteiger charge is 2.31. The molecule has 10 heteroatoms. The van der Waals surface area contributed by atoms with Crippen LogP contribution in [-0.4, -0.2) is 53.4 Å². The number of carbonyl (C=O) groups excluding carboxylic acids is 1. The Labute approximate surface area is 174 Å². The van der Waals surface area contributed by atoms with E-state index in [9.17, 15) is 13.2 Å². The molecule has 0 saturated carbocycles. The van der Waals surface area contributed by atoms with E-state index < -0.39 is 10.0 Å². The van der Waals surface area contributed by atoms with Gasteiger partial charge in [0.05, 0.1) is 18.3 Å². The average Bonchev–Trinajstić information content (AvgIpc) is 3.35. The molecule has 2 aromatic carbocycles. The van der Waals surface area contributed by atoms with Crippen molar-refractivity contribution < 1.29 is 13.2 Å². The van der Waals surface area contributed by atoms with Gasteiger partial charge in [-0.25, -0.2) is 9.67 Å². The molecule has 154 valence electrons. The lowest BCUT2D eigenvalue weighted by atomic mass is 10.1. The first-order chi connectivity index (χ1) is 14.3. The maximum absolute atomic E-state index is 12.5. The molecule has 0 aliphatic carbocycles. The Morgan fingerprint density at radius 2 is 1.90 bits per heavy atom. The van der Waals surface area contributed by atoms with Crippen molar-refractivity contribution in [1.29, 1.82) is 0 Å². The first kappa shape index (κ1) is 19.8. The van der Waals surface area contributed by atoms with Gasteiger partial charge in [0, 0.05) is 12.6 Å². The minimum Gasteiger partial charge on any atom is -0.349 e. The first-order valence-electron chi connectivity index (χ1n) is 9.25. The van der Waals surface area contributed by atoms with Crippen LogP contribution in [0.1, 0.15) is 24.1 Å². The van der Waals surface area contributed by atoms with E-state index in [4.69, 9.17) is 0 Å². The third-order valence-corrected chi connectivity index (χ3v) is 6.13. The molecule has 1 aromatic heterocycles. The molecule has 1 aliphatic rings. The molecule has 0 saturated heterocycles. The molecule has 0 fully saturated rings. The van der Waals surface area contributed by atoms with Gasteiger partial charge in [0.1, 0.15) is 17.6 Å². The van der Waals surface area contributed by atoms with Gasteiger partial charge in [0.15, 0.2) is 5.84 Å². The molecule has 1 amide bonds. The van der Waals surface area contributed by atoms with Crippen LogP contribution in [-0.2, 0) is 14.8 Å². The zero-order valence-electron chi connectivity index (χ0n) is 16.4. The smallest absolute Gasteiger partial charge is 0.285 e. The van der Waals surface area contributed by atoms with E-state index in [0.29, 0.717) is 5.56 Å². The summed E-state index contributed by atoms with van der Waals surface area (Å²) in [6.07, 6.45) is 3.08. The Bertz CT molecular complexity index is 1200. The Balaban J connectivity index is 1.41. The number of carbonyl (C=O) groups is 1. The van der Waals surface area contributed by atoms with Crippen LogP contribution in [0.4, 0.5) is 0 Å². The second kappa shape index (κ2) is 7.71. The van der Waals surface area contributed by atoms with E-state index in [1.165, 1.54) is 12.4 Å². The number of amides is 1. The van der Waals surface area contributed by atoms with E-state index in [-0.39, 0.29) is 29.2 Å². The van der Waals surface area contributed by atoms with Gasteiger partial charge in [-0.1, -0.05) is 24.3 Å². The van der Waals surface area contributed by atoms with E-state index in [0.717, 1.165) is 11.3 Å². The predicted molar refractivity (Wildman–Crippen MR) is 111 cm³/mol. The summed E-state index contributed by atoms with van der Waals surface area (Å²) in [6, 6.07) is 14.0. The number of likely N-dealkylation sites (N-methyl/N-ethyl adjacent to an activating group) is 1. The van der Waals surface area contributed by atoms with Crippen molar-refractivity contribution in [2.75, 3.05) is 13.6 Å². The molecule has 9 nitrogen and oxygen atoms in total. The Hall–Kier alpha value is -3.53. The van der Waals surface area contributed by atoms with Crippen LogP contribution >= 0.6 is 0 Å². The summed E-state index contributed by atoms with van der Waals surface area (Å²) in [7, 11) is -2.07. The molecular weight excluding hydrogens is 404 g/mol. The molecule has 1 unspecified atom stereocenters. The van der Waals surface area contributed by atoms with Crippen molar-refractivity contribution in [2.45, 2.75) is 17.9 Å². The monoisotopic (exact) mass is 424 g/mol. The normalized spacial score (nSPS) is 15.2. The number of aromatic nitrogens is 3. The minimum atomic E-state index is -3.72. The highest BCUT2D eigenvalue weighted by Crippen LogP contribution is 2.26. The molecule has 1 aliphatic heterocycles. The van der Waals surface area contributed by atoms with Gasteiger partial charge in [0.2, 0.25) is 5.91 Å². The third-order valence-electron chi connectivity index (χ3n) is 4.81. The standard InChI is InChI=1S/C20H20N6O3S/c1-14(15-7-9-16(10-8-15)26-13-21-12-22-26)23-19(27)11-25(2)20-17-5-3-4-6-18(17)30(28,29)24-20/h3-10,12-14H,11H2,1-2H3,(H,23,27). The van der Waals surface area contributed by atoms with Crippen LogP contribution in [0.15, 0.2) is 70.5 Å². The molecule has 0 spiro atoms. The average molecular weight is 424 g/mol. The van der Waals surface area contributed by atoms with Crippen molar-refractivity contribution in [3.8, 4) is 5.69 Å². The summed E-state index contributed by atoms with van der Waals surface area (Å²) in [6.45, 7) is 1.86. The topological polar surface area (TPSA) is 110 Å². The number of rotatable bonds is 5. The largest absolute Gasteiger partial charge is 0.349 e. The minimum absolute atomic E-state index is 0.0237. The molecule has 4 rings (SSSR count). The van der Waals surface area contributed by atoms with Gasteiger partial charge in [-0.15, -0.1) is 4.40 Å². The highest BCUT2D eigenvalue weighted by atomic mass is 32.2. The SMILES string of the molecule is CC(NC(=O)CN(C)C1=NS(=O)(=O)c2ccccc21)c1ccc(-n2cncn2)cc1. The number of nitrogens with zero attached hydrogens (tertiary/aromatic N) is 5. The van der Waals surface area contributed by atoms with Gasteiger partial charge in [-0.2, -0.15) is 13.5 Å². The second-order valence-electron chi connectivity index (χ2n) is 6.96. The van der Waals surface area contributed by atoms with Crippen LogP contribution in [0, 0.1) is 0 Å². The van der Waals surface area contributed by atoms with Gasteiger partial charge in [-0.3, -0.25) is 4.79 Å². The summed E-state index contributed by atoms with van der Waals surface area (Å²) in [4.78, 5) is 18.2. The van der Waals surface area contributed by atoms with E-state index in [1.807, 2.05) is 31.2 Å². The number of fused-ring (bicyclic) bond motifs is 1. The summed E-state index contributed by atoms with van der Waals surface area (Å²) in [5, 5.41) is 7.01. The summed E-state index contributed by atoms with van der Waals surface area (Å²) >= 11 is 0. The van der Waals surface area contributed by atoms with E-state index in [1.54, 1.807) is 41.2 Å². The predicted octanol–water partition coefficient (Wildman–Crippen LogP) is 1.53. The van der Waals surface area contributed by atoms with Crippen molar-refractivity contribution in [3.05, 3.63) is 72.3 Å². The van der Waals surface area contributed by atoms with Crippen LogP contribution < -0.4 is 5.32 Å². The van der Waals surface area contributed by atoms with Gasteiger partial charge < -0.3 is 10.2 Å². The van der Waals surface area contributed by atoms with E-state index >= 15 is 0 Å². The van der Waals surface area contributed by atoms with Gasteiger partial charge >= 0.3 is 0 Å². The van der Waals surface area contributed by atoms with E-state index in [2.05, 4.69) is 19.8 Å². The highest BCUT2D eigenvalue weighted by molar-refractivity contribution is 7.90. The number of amidine groups is 1. The second-order valence-corrected chi connectivity index (χ2v) is 8.54. The maximum Gasteiger partial charge on any atom is 0.285 e. The molecule has 3 aromatic rings. The fourth-order valence-corrected chi connectivity index (χ4v) is 4.53. The number of sulfonamides is 1. The maximum atomic E-state index is 12.5. The lowest BCUT2D eigenvalue weighted by Gasteiger charge is -2.21. The fraction of sp³-hybridized carbons (Fsp3) is 0.200. The fourth-order valence-electron chi connectivity index (χ4n) is 3.28. The third kappa shape index (κ3) is 3.81. The molecule has 30 heavy (non-hydrogen) atoms. The molecule has 0 radical (unpaired) electrons. The molecule has 0 bridgehead atoms.